The van der Waals surface area contributed by atoms with Crippen molar-refractivity contribution in [2.45, 2.75) is 32.1 Å². The second kappa shape index (κ2) is 5.31. The number of para-hydroxylation sites is 1. The molecule has 0 amide bonds. The van der Waals surface area contributed by atoms with Gasteiger partial charge in [0, 0.05) is 10.2 Å². The van der Waals surface area contributed by atoms with Crippen LogP contribution in [0.1, 0.15) is 37.7 Å². The molecule has 0 saturated heterocycles. The van der Waals surface area contributed by atoms with E-state index in [-0.39, 0.29) is 5.92 Å². The van der Waals surface area contributed by atoms with Gasteiger partial charge in [0.2, 0.25) is 0 Å². The molecule has 1 aromatic rings. The summed E-state index contributed by atoms with van der Waals surface area (Å²) in [6.45, 7) is 2.18. The first-order chi connectivity index (χ1) is 8.50. The van der Waals surface area contributed by atoms with Gasteiger partial charge in [-0.1, -0.05) is 25.5 Å². The SMILES string of the molecule is CC1CCC(C(C(=O)O)c2cccc(Br)c2N)C1. The lowest BCUT2D eigenvalue weighted by molar-refractivity contribution is -0.140. The van der Waals surface area contributed by atoms with Crippen LogP contribution in [0.3, 0.4) is 0 Å². The van der Waals surface area contributed by atoms with Gasteiger partial charge in [-0.3, -0.25) is 4.79 Å². The Labute approximate surface area is 116 Å². The van der Waals surface area contributed by atoms with Gasteiger partial charge in [-0.25, -0.2) is 0 Å². The van der Waals surface area contributed by atoms with E-state index >= 15 is 0 Å². The fraction of sp³-hybridized carbons (Fsp3) is 0.500. The van der Waals surface area contributed by atoms with Crippen LogP contribution in [-0.4, -0.2) is 11.1 Å². The molecule has 0 bridgehead atoms. The van der Waals surface area contributed by atoms with Gasteiger partial charge in [0.25, 0.3) is 0 Å². The van der Waals surface area contributed by atoms with Gasteiger partial charge in [-0.2, -0.15) is 0 Å². The molecule has 3 nitrogen and oxygen atoms in total. The molecule has 0 spiro atoms. The van der Waals surface area contributed by atoms with Crippen LogP contribution in [0.15, 0.2) is 22.7 Å². The largest absolute Gasteiger partial charge is 0.481 e. The number of carbonyl (C=O) groups is 1. The summed E-state index contributed by atoms with van der Waals surface area (Å²) in [4.78, 5) is 11.6. The zero-order valence-corrected chi connectivity index (χ0v) is 12.0. The fourth-order valence-corrected chi connectivity index (χ4v) is 3.35. The van der Waals surface area contributed by atoms with Gasteiger partial charge in [0.1, 0.15) is 0 Å². The average Bonchev–Trinajstić information content (AvgIpc) is 2.71. The van der Waals surface area contributed by atoms with Crippen LogP contribution in [0, 0.1) is 11.8 Å². The molecule has 4 heteroatoms. The van der Waals surface area contributed by atoms with Crippen molar-refractivity contribution in [2.24, 2.45) is 11.8 Å². The van der Waals surface area contributed by atoms with E-state index in [0.717, 1.165) is 29.3 Å². The van der Waals surface area contributed by atoms with E-state index in [4.69, 9.17) is 5.73 Å². The molecule has 0 radical (unpaired) electrons. The van der Waals surface area contributed by atoms with Gasteiger partial charge >= 0.3 is 5.97 Å². The van der Waals surface area contributed by atoms with E-state index in [2.05, 4.69) is 22.9 Å². The van der Waals surface area contributed by atoms with Crippen LogP contribution < -0.4 is 5.73 Å². The fourth-order valence-electron chi connectivity index (χ4n) is 2.97. The van der Waals surface area contributed by atoms with Crippen molar-refractivity contribution in [3.8, 4) is 0 Å². The van der Waals surface area contributed by atoms with E-state index < -0.39 is 11.9 Å². The summed E-state index contributed by atoms with van der Waals surface area (Å²) < 4.78 is 0.775. The molecule has 1 saturated carbocycles. The summed E-state index contributed by atoms with van der Waals surface area (Å²) >= 11 is 3.37. The number of hydrogen-bond donors (Lipinski definition) is 2. The third-order valence-electron chi connectivity index (χ3n) is 3.89. The van der Waals surface area contributed by atoms with Gasteiger partial charge in [0.05, 0.1) is 5.92 Å². The molecule has 1 aliphatic rings. The van der Waals surface area contributed by atoms with Gasteiger partial charge < -0.3 is 10.8 Å². The Balaban J connectivity index is 2.36. The summed E-state index contributed by atoms with van der Waals surface area (Å²) in [5, 5.41) is 9.52. The number of aliphatic carboxylic acids is 1. The van der Waals surface area contributed by atoms with Crippen molar-refractivity contribution in [3.05, 3.63) is 28.2 Å². The molecule has 0 aromatic heterocycles. The third kappa shape index (κ3) is 2.53. The molecule has 3 N–H and O–H groups in total. The summed E-state index contributed by atoms with van der Waals surface area (Å²) in [5.41, 5.74) is 7.32. The first kappa shape index (κ1) is 13.4. The van der Waals surface area contributed by atoms with Crippen LogP contribution in [0.25, 0.3) is 0 Å². The van der Waals surface area contributed by atoms with Crippen molar-refractivity contribution >= 4 is 27.6 Å². The molecular formula is C14H18BrNO2. The minimum Gasteiger partial charge on any atom is -0.481 e. The number of carboxylic acid groups (broad SMARTS) is 1. The summed E-state index contributed by atoms with van der Waals surface area (Å²) in [5.74, 6) is -0.425. The first-order valence-electron chi connectivity index (χ1n) is 6.27. The average molecular weight is 312 g/mol. The Bertz CT molecular complexity index is 461. The number of carboxylic acids is 1. The Morgan fingerprint density at radius 3 is 2.78 bits per heavy atom. The van der Waals surface area contributed by atoms with Crippen LogP contribution in [0.2, 0.25) is 0 Å². The minimum atomic E-state index is -0.765. The lowest BCUT2D eigenvalue weighted by Crippen LogP contribution is -2.21. The molecule has 2 rings (SSSR count). The number of nitrogens with two attached hydrogens (primary N) is 1. The Morgan fingerprint density at radius 2 is 2.22 bits per heavy atom. The standard InChI is InChI=1S/C14H18BrNO2/c1-8-5-6-9(7-8)12(14(17)18)10-3-2-4-11(15)13(10)16/h2-4,8-9,12H,5-7,16H2,1H3,(H,17,18). The Hall–Kier alpha value is -1.03. The number of halogens is 1. The Morgan fingerprint density at radius 1 is 1.50 bits per heavy atom. The topological polar surface area (TPSA) is 63.3 Å². The van der Waals surface area contributed by atoms with Gasteiger partial charge in [0.15, 0.2) is 0 Å². The number of benzene rings is 1. The van der Waals surface area contributed by atoms with Crippen LogP contribution in [0.4, 0.5) is 5.69 Å². The van der Waals surface area contributed by atoms with Crippen molar-refractivity contribution in [2.75, 3.05) is 5.73 Å². The van der Waals surface area contributed by atoms with Gasteiger partial charge in [-0.15, -0.1) is 0 Å². The third-order valence-corrected chi connectivity index (χ3v) is 4.59. The normalized spacial score (nSPS) is 25.0. The molecular weight excluding hydrogens is 294 g/mol. The maximum Gasteiger partial charge on any atom is 0.311 e. The molecule has 1 fully saturated rings. The molecule has 3 unspecified atom stereocenters. The van der Waals surface area contributed by atoms with Crippen molar-refractivity contribution < 1.29 is 9.90 Å². The first-order valence-corrected chi connectivity index (χ1v) is 7.06. The molecule has 1 aromatic carbocycles. The summed E-state index contributed by atoms with van der Waals surface area (Å²) in [6.07, 6.45) is 3.06. The monoisotopic (exact) mass is 311 g/mol. The van der Waals surface area contributed by atoms with Crippen molar-refractivity contribution in [3.63, 3.8) is 0 Å². The van der Waals surface area contributed by atoms with Crippen molar-refractivity contribution in [1.82, 2.24) is 0 Å². The highest BCUT2D eigenvalue weighted by molar-refractivity contribution is 9.10. The molecule has 0 aliphatic heterocycles. The van der Waals surface area contributed by atoms with E-state index in [1.807, 2.05) is 18.2 Å². The zero-order chi connectivity index (χ0) is 13.3. The van der Waals surface area contributed by atoms with Crippen LogP contribution >= 0.6 is 15.9 Å². The molecule has 98 valence electrons. The Kier molecular flexibility index (Phi) is 3.95. The predicted molar refractivity (Wildman–Crippen MR) is 75.4 cm³/mol. The molecule has 1 aliphatic carbocycles. The van der Waals surface area contributed by atoms with Crippen molar-refractivity contribution in [1.29, 1.82) is 0 Å². The highest BCUT2D eigenvalue weighted by atomic mass is 79.9. The lowest BCUT2D eigenvalue weighted by atomic mass is 9.83. The second-order valence-corrected chi connectivity index (χ2v) is 6.09. The molecule has 0 heterocycles. The lowest BCUT2D eigenvalue weighted by Gasteiger charge is -2.22. The van der Waals surface area contributed by atoms with Crippen LogP contribution in [-0.2, 0) is 4.79 Å². The van der Waals surface area contributed by atoms with E-state index in [9.17, 15) is 9.90 Å². The van der Waals surface area contributed by atoms with Crippen LogP contribution in [0.5, 0.6) is 0 Å². The van der Waals surface area contributed by atoms with E-state index in [0.29, 0.717) is 11.6 Å². The summed E-state index contributed by atoms with van der Waals surface area (Å²) in [6, 6.07) is 5.53. The van der Waals surface area contributed by atoms with E-state index in [1.54, 1.807) is 0 Å². The zero-order valence-electron chi connectivity index (χ0n) is 10.4. The highest BCUT2D eigenvalue weighted by Crippen LogP contribution is 2.42. The number of rotatable bonds is 3. The second-order valence-electron chi connectivity index (χ2n) is 5.24. The predicted octanol–water partition coefficient (Wildman–Crippen LogP) is 3.64. The number of nitrogen functional groups attached to an aromatic ring is 1. The maximum atomic E-state index is 11.6. The molecule has 3 atom stereocenters. The quantitative estimate of drug-likeness (QED) is 0.838. The van der Waals surface area contributed by atoms with E-state index in [1.165, 1.54) is 0 Å². The molecule has 18 heavy (non-hydrogen) atoms. The number of anilines is 1. The maximum absolute atomic E-state index is 11.6. The number of hydrogen-bond acceptors (Lipinski definition) is 2. The van der Waals surface area contributed by atoms with Gasteiger partial charge in [-0.05, 0) is 52.2 Å². The smallest absolute Gasteiger partial charge is 0.311 e. The minimum absolute atomic E-state index is 0.203. The summed E-state index contributed by atoms with van der Waals surface area (Å²) in [7, 11) is 0. The highest BCUT2D eigenvalue weighted by Gasteiger charge is 2.35.